The molecule has 0 aliphatic rings. The van der Waals surface area contributed by atoms with Crippen LogP contribution in [0.2, 0.25) is 5.15 Å². The van der Waals surface area contributed by atoms with E-state index in [2.05, 4.69) is 10.4 Å². The molecule has 1 aromatic heterocycles. The number of benzene rings is 2. The number of aromatic nitrogens is 2. The molecule has 0 saturated carbocycles. The molecule has 0 aliphatic heterocycles. The SMILES string of the molecule is CCOc1ccccc1NC(=O)C(C)OC(=O)c1c(C)nn(-c2ccccc2)c1Cl. The molecule has 0 radical (unpaired) electrons. The van der Waals surface area contributed by atoms with Gasteiger partial charge in [-0.3, -0.25) is 4.79 Å². The summed E-state index contributed by atoms with van der Waals surface area (Å²) in [5.41, 5.74) is 1.74. The normalized spacial score (nSPS) is 11.6. The third-order valence-electron chi connectivity index (χ3n) is 4.31. The zero-order valence-corrected chi connectivity index (χ0v) is 17.6. The molecule has 0 fully saturated rings. The number of esters is 1. The van der Waals surface area contributed by atoms with Crippen LogP contribution in [-0.4, -0.2) is 34.4 Å². The van der Waals surface area contributed by atoms with E-state index >= 15 is 0 Å². The summed E-state index contributed by atoms with van der Waals surface area (Å²) in [6.07, 6.45) is -1.05. The van der Waals surface area contributed by atoms with Gasteiger partial charge in [0.1, 0.15) is 16.5 Å². The van der Waals surface area contributed by atoms with E-state index in [1.165, 1.54) is 11.6 Å². The average Bonchev–Trinajstić information content (AvgIpc) is 3.04. The molecular formula is C22H22ClN3O4. The van der Waals surface area contributed by atoms with Gasteiger partial charge >= 0.3 is 5.97 Å². The fourth-order valence-corrected chi connectivity index (χ4v) is 3.18. The monoisotopic (exact) mass is 427 g/mol. The number of halogens is 1. The Morgan fingerprint density at radius 2 is 1.80 bits per heavy atom. The molecule has 0 spiro atoms. The maximum Gasteiger partial charge on any atom is 0.344 e. The predicted octanol–water partition coefficient (Wildman–Crippen LogP) is 4.42. The zero-order chi connectivity index (χ0) is 21.7. The van der Waals surface area contributed by atoms with Gasteiger partial charge in [-0.15, -0.1) is 0 Å². The summed E-state index contributed by atoms with van der Waals surface area (Å²) in [6, 6.07) is 16.2. The Bertz CT molecular complexity index is 1050. The van der Waals surface area contributed by atoms with Crippen LogP contribution in [0.1, 0.15) is 29.9 Å². The molecule has 2 aromatic carbocycles. The van der Waals surface area contributed by atoms with E-state index < -0.39 is 18.0 Å². The minimum atomic E-state index is -1.05. The summed E-state index contributed by atoms with van der Waals surface area (Å²) in [5.74, 6) is -0.671. The topological polar surface area (TPSA) is 82.4 Å². The molecule has 1 unspecified atom stereocenters. The van der Waals surface area contributed by atoms with Crippen LogP contribution in [0, 0.1) is 6.92 Å². The van der Waals surface area contributed by atoms with Crippen LogP contribution in [0.25, 0.3) is 5.69 Å². The third-order valence-corrected chi connectivity index (χ3v) is 4.66. The van der Waals surface area contributed by atoms with Crippen molar-refractivity contribution in [3.05, 3.63) is 71.0 Å². The first kappa shape index (κ1) is 21.4. The number of nitrogens with zero attached hydrogens (tertiary/aromatic N) is 2. The average molecular weight is 428 g/mol. The van der Waals surface area contributed by atoms with Gasteiger partial charge in [0.2, 0.25) is 0 Å². The highest BCUT2D eigenvalue weighted by molar-refractivity contribution is 6.33. The Hall–Kier alpha value is -3.32. The van der Waals surface area contributed by atoms with Crippen molar-refractivity contribution in [1.82, 2.24) is 9.78 Å². The third kappa shape index (κ3) is 4.63. The largest absolute Gasteiger partial charge is 0.492 e. The molecule has 156 valence electrons. The fraction of sp³-hybridized carbons (Fsp3) is 0.227. The maximum atomic E-state index is 12.7. The quantitative estimate of drug-likeness (QED) is 0.564. The van der Waals surface area contributed by atoms with Gasteiger partial charge in [-0.25, -0.2) is 9.48 Å². The summed E-state index contributed by atoms with van der Waals surface area (Å²) >= 11 is 6.39. The van der Waals surface area contributed by atoms with E-state index in [9.17, 15) is 9.59 Å². The molecule has 1 N–H and O–H groups in total. The number of hydrogen-bond acceptors (Lipinski definition) is 5. The molecule has 1 amide bonds. The van der Waals surface area contributed by atoms with Crippen LogP contribution in [0.5, 0.6) is 5.75 Å². The van der Waals surface area contributed by atoms with E-state index in [4.69, 9.17) is 21.1 Å². The minimum absolute atomic E-state index is 0.120. The molecule has 8 heteroatoms. The van der Waals surface area contributed by atoms with Gasteiger partial charge in [-0.2, -0.15) is 5.10 Å². The summed E-state index contributed by atoms with van der Waals surface area (Å²) < 4.78 is 12.3. The second kappa shape index (κ2) is 9.45. The number of ether oxygens (including phenoxy) is 2. The van der Waals surface area contributed by atoms with Crippen molar-refractivity contribution in [2.75, 3.05) is 11.9 Å². The Kier molecular flexibility index (Phi) is 6.74. The number of aryl methyl sites for hydroxylation is 1. The first-order valence-electron chi connectivity index (χ1n) is 9.46. The number of nitrogens with one attached hydrogen (secondary N) is 1. The van der Waals surface area contributed by atoms with Crippen molar-refractivity contribution in [1.29, 1.82) is 0 Å². The fourth-order valence-electron chi connectivity index (χ4n) is 2.83. The smallest absolute Gasteiger partial charge is 0.344 e. The molecule has 1 atom stereocenters. The van der Waals surface area contributed by atoms with Crippen molar-refractivity contribution in [3.63, 3.8) is 0 Å². The molecule has 30 heavy (non-hydrogen) atoms. The van der Waals surface area contributed by atoms with Crippen LogP contribution in [-0.2, 0) is 9.53 Å². The molecule has 7 nitrogen and oxygen atoms in total. The number of anilines is 1. The van der Waals surface area contributed by atoms with E-state index in [1.807, 2.05) is 37.3 Å². The van der Waals surface area contributed by atoms with Crippen molar-refractivity contribution in [3.8, 4) is 11.4 Å². The van der Waals surface area contributed by atoms with Crippen LogP contribution in [0.3, 0.4) is 0 Å². The minimum Gasteiger partial charge on any atom is -0.492 e. The van der Waals surface area contributed by atoms with Crippen molar-refractivity contribution >= 4 is 29.2 Å². The van der Waals surface area contributed by atoms with E-state index in [0.29, 0.717) is 29.4 Å². The highest BCUT2D eigenvalue weighted by atomic mass is 35.5. The number of rotatable bonds is 7. The lowest BCUT2D eigenvalue weighted by Gasteiger charge is -2.15. The second-order valence-electron chi connectivity index (χ2n) is 6.46. The Labute approximate surface area is 179 Å². The van der Waals surface area contributed by atoms with Crippen LogP contribution < -0.4 is 10.1 Å². The van der Waals surface area contributed by atoms with Crippen molar-refractivity contribution < 1.29 is 19.1 Å². The van der Waals surface area contributed by atoms with E-state index in [1.54, 1.807) is 31.2 Å². The van der Waals surface area contributed by atoms with Crippen molar-refractivity contribution in [2.24, 2.45) is 0 Å². The lowest BCUT2D eigenvalue weighted by atomic mass is 10.2. The maximum absolute atomic E-state index is 12.7. The molecular weight excluding hydrogens is 406 g/mol. The predicted molar refractivity (Wildman–Crippen MR) is 114 cm³/mol. The number of para-hydroxylation sites is 3. The Balaban J connectivity index is 1.73. The first-order valence-corrected chi connectivity index (χ1v) is 9.84. The van der Waals surface area contributed by atoms with Crippen LogP contribution in [0.15, 0.2) is 54.6 Å². The Morgan fingerprint density at radius 3 is 2.50 bits per heavy atom. The molecule has 0 bridgehead atoms. The first-order chi connectivity index (χ1) is 14.4. The van der Waals surface area contributed by atoms with Gasteiger partial charge in [-0.05, 0) is 45.0 Å². The highest BCUT2D eigenvalue weighted by Crippen LogP contribution is 2.26. The van der Waals surface area contributed by atoms with Gasteiger partial charge in [-0.1, -0.05) is 41.9 Å². The lowest BCUT2D eigenvalue weighted by molar-refractivity contribution is -0.123. The number of carbonyl (C=O) groups is 2. The molecule has 0 saturated heterocycles. The molecule has 1 heterocycles. The van der Waals surface area contributed by atoms with Gasteiger partial charge in [0, 0.05) is 0 Å². The lowest BCUT2D eigenvalue weighted by Crippen LogP contribution is -2.30. The highest BCUT2D eigenvalue weighted by Gasteiger charge is 2.26. The van der Waals surface area contributed by atoms with Gasteiger partial charge in [0.05, 0.1) is 23.7 Å². The summed E-state index contributed by atoms with van der Waals surface area (Å²) in [4.78, 5) is 25.2. The van der Waals surface area contributed by atoms with Crippen LogP contribution >= 0.6 is 11.6 Å². The standard InChI is InChI=1S/C22H22ClN3O4/c1-4-29-18-13-9-8-12-17(18)24-21(27)15(3)30-22(28)19-14(2)25-26(20(19)23)16-10-6-5-7-11-16/h5-13,15H,4H2,1-3H3,(H,24,27). The second-order valence-corrected chi connectivity index (χ2v) is 6.82. The summed E-state index contributed by atoms with van der Waals surface area (Å²) in [7, 11) is 0. The van der Waals surface area contributed by atoms with E-state index in [0.717, 1.165) is 0 Å². The van der Waals surface area contributed by atoms with Crippen molar-refractivity contribution in [2.45, 2.75) is 26.9 Å². The number of hydrogen-bond donors (Lipinski definition) is 1. The number of carbonyl (C=O) groups excluding carboxylic acids is 2. The van der Waals surface area contributed by atoms with Gasteiger partial charge in [0.25, 0.3) is 5.91 Å². The zero-order valence-electron chi connectivity index (χ0n) is 16.9. The summed E-state index contributed by atoms with van der Waals surface area (Å²) in [6.45, 7) is 5.46. The van der Waals surface area contributed by atoms with Crippen LogP contribution in [0.4, 0.5) is 5.69 Å². The summed E-state index contributed by atoms with van der Waals surface area (Å²) in [5, 5.41) is 7.16. The molecule has 3 rings (SSSR count). The van der Waals surface area contributed by atoms with Gasteiger partial charge < -0.3 is 14.8 Å². The van der Waals surface area contributed by atoms with Gasteiger partial charge in [0.15, 0.2) is 6.10 Å². The van der Waals surface area contributed by atoms with E-state index in [-0.39, 0.29) is 10.7 Å². The Morgan fingerprint density at radius 1 is 1.13 bits per heavy atom. The number of amides is 1. The molecule has 3 aromatic rings. The molecule has 0 aliphatic carbocycles.